The third-order valence-electron chi connectivity index (χ3n) is 7.98. The molecule has 3 N–H and O–H groups in total. The van der Waals surface area contributed by atoms with E-state index < -0.39 is 48.4 Å². The van der Waals surface area contributed by atoms with Crippen molar-refractivity contribution in [3.63, 3.8) is 0 Å². The summed E-state index contributed by atoms with van der Waals surface area (Å²) in [6, 6.07) is 0. The van der Waals surface area contributed by atoms with Gasteiger partial charge in [0.15, 0.2) is 12.4 Å². The third kappa shape index (κ3) is 10.5. The Hall–Kier alpha value is -2.56. The number of cyclic esters (lactones) is 1. The highest BCUT2D eigenvalue weighted by molar-refractivity contribution is 5.88. The van der Waals surface area contributed by atoms with E-state index in [0.29, 0.717) is 31.3 Å². The second-order valence-electron chi connectivity index (χ2n) is 12.2. The van der Waals surface area contributed by atoms with Crippen LogP contribution in [0.4, 0.5) is 0 Å². The number of aliphatic hydroxyl groups is 3. The molecule has 2 aliphatic rings. The zero-order chi connectivity index (χ0) is 32.5. The number of allylic oxidation sites excluding steroid dienone is 4. The van der Waals surface area contributed by atoms with Gasteiger partial charge in [-0.1, -0.05) is 55.9 Å². The maximum Gasteiger partial charge on any atom is 0.333 e. The van der Waals surface area contributed by atoms with E-state index in [9.17, 15) is 24.9 Å². The average molecular weight is 605 g/mol. The molecule has 0 aliphatic carbocycles. The number of carbonyl (C=O) groups excluding carboxylic acids is 2. The topological polar surface area (TPSA) is 132 Å². The molecule has 43 heavy (non-hydrogen) atoms. The Bertz CT molecular complexity index is 1110. The number of hydrogen-bond acceptors (Lipinski definition) is 9. The minimum atomic E-state index is -1.48. The van der Waals surface area contributed by atoms with Gasteiger partial charge in [0.1, 0.15) is 23.9 Å². The highest BCUT2D eigenvalue weighted by Gasteiger charge is 2.52. The van der Waals surface area contributed by atoms with Gasteiger partial charge in [-0.25, -0.2) is 4.79 Å². The fourth-order valence-electron chi connectivity index (χ4n) is 5.28. The van der Waals surface area contributed by atoms with Crippen molar-refractivity contribution in [2.75, 3.05) is 0 Å². The van der Waals surface area contributed by atoms with Crippen LogP contribution in [0.3, 0.4) is 0 Å². The lowest BCUT2D eigenvalue weighted by atomic mass is 9.88. The predicted octanol–water partition coefficient (Wildman–Crippen LogP) is 5.00. The fourth-order valence-corrected chi connectivity index (χ4v) is 5.28. The second-order valence-corrected chi connectivity index (χ2v) is 12.2. The maximum atomic E-state index is 12.6. The molecule has 0 bridgehead atoms. The molecule has 2 heterocycles. The number of aliphatic hydroxyl groups excluding tert-OH is 3. The van der Waals surface area contributed by atoms with E-state index in [1.165, 1.54) is 6.92 Å². The van der Waals surface area contributed by atoms with Crippen molar-refractivity contribution in [3.8, 4) is 0 Å². The van der Waals surface area contributed by atoms with Crippen LogP contribution in [-0.4, -0.2) is 75.8 Å². The van der Waals surface area contributed by atoms with Gasteiger partial charge in [0.2, 0.25) is 0 Å². The molecule has 0 aromatic rings. The summed E-state index contributed by atoms with van der Waals surface area (Å²) in [5, 5.41) is 32.8. The maximum absolute atomic E-state index is 12.6. The van der Waals surface area contributed by atoms with Crippen LogP contribution in [0.25, 0.3) is 0 Å². The summed E-state index contributed by atoms with van der Waals surface area (Å²) in [5.41, 5.74) is 1.87. The van der Waals surface area contributed by atoms with Crippen molar-refractivity contribution in [3.05, 3.63) is 58.7 Å². The molecule has 8 atom stereocenters. The minimum Gasteiger partial charge on any atom is -0.459 e. The largest absolute Gasteiger partial charge is 0.459 e. The number of ether oxygens (including phenoxy) is 4. The normalized spacial score (nSPS) is 38.7. The van der Waals surface area contributed by atoms with Crippen molar-refractivity contribution in [1.29, 1.82) is 0 Å². The molecule has 0 unspecified atom stereocenters. The molecule has 1 saturated heterocycles. The Kier molecular flexibility index (Phi) is 14.1. The zero-order valence-electron chi connectivity index (χ0n) is 27.2. The number of esters is 2. The average Bonchev–Trinajstić information content (AvgIpc) is 2.94. The Morgan fingerprint density at radius 1 is 1.02 bits per heavy atom. The lowest BCUT2D eigenvalue weighted by molar-refractivity contribution is -0.333. The second kappa shape index (κ2) is 16.5. The number of carbonyl (C=O) groups is 2. The van der Waals surface area contributed by atoms with E-state index in [1.807, 2.05) is 52.8 Å². The molecule has 242 valence electrons. The molecule has 0 radical (unpaired) electrons. The lowest BCUT2D eigenvalue weighted by Gasteiger charge is -2.47. The molecule has 0 spiro atoms. The van der Waals surface area contributed by atoms with E-state index in [2.05, 4.69) is 0 Å². The first-order valence-electron chi connectivity index (χ1n) is 15.2. The van der Waals surface area contributed by atoms with Gasteiger partial charge >= 0.3 is 11.9 Å². The molecule has 0 aromatic heterocycles. The van der Waals surface area contributed by atoms with Crippen LogP contribution in [0.15, 0.2) is 58.7 Å². The highest BCUT2D eigenvalue weighted by Crippen LogP contribution is 2.35. The quantitative estimate of drug-likeness (QED) is 0.293. The monoisotopic (exact) mass is 604 g/mol. The summed E-state index contributed by atoms with van der Waals surface area (Å²) >= 11 is 0. The molecule has 1 fully saturated rings. The van der Waals surface area contributed by atoms with Crippen molar-refractivity contribution in [2.24, 2.45) is 5.92 Å². The highest BCUT2D eigenvalue weighted by atomic mass is 16.7. The smallest absolute Gasteiger partial charge is 0.333 e. The molecule has 2 aliphatic heterocycles. The summed E-state index contributed by atoms with van der Waals surface area (Å²) in [4.78, 5) is 24.3. The Labute approximate surface area is 256 Å². The van der Waals surface area contributed by atoms with Crippen LogP contribution in [0, 0.1) is 5.92 Å². The Morgan fingerprint density at radius 2 is 1.70 bits per heavy atom. The SMILES string of the molecule is CC[C@@H]1C/C=C(C)/C=C(\C)[C@H](O[C@H]2OC(C)(C)[C@H](OC(C)=O)[C@@H](O)[C@@H]2O)[C@@H](CC)/C=C(\C)[C@@H](O)C/C=C/C=C(\C)C(=O)O1. The summed E-state index contributed by atoms with van der Waals surface area (Å²) in [6.07, 6.45) is 6.55. The lowest BCUT2D eigenvalue weighted by Crippen LogP contribution is -2.64. The Balaban J connectivity index is 2.53. The first-order valence-corrected chi connectivity index (χ1v) is 15.2. The number of rotatable bonds is 5. The van der Waals surface area contributed by atoms with Gasteiger partial charge in [-0.3, -0.25) is 4.79 Å². The molecule has 9 nitrogen and oxygen atoms in total. The molecular formula is C34H52O9. The van der Waals surface area contributed by atoms with Gasteiger partial charge in [-0.05, 0) is 72.0 Å². The Morgan fingerprint density at radius 3 is 2.30 bits per heavy atom. The zero-order valence-corrected chi connectivity index (χ0v) is 27.2. The van der Waals surface area contributed by atoms with Crippen LogP contribution in [0.1, 0.15) is 88.0 Å². The van der Waals surface area contributed by atoms with Crippen LogP contribution in [-0.2, 0) is 28.5 Å². The molecule has 2 rings (SSSR count). The van der Waals surface area contributed by atoms with Gasteiger partial charge in [-0.15, -0.1) is 0 Å². The molecular weight excluding hydrogens is 552 g/mol. The number of hydrogen-bond donors (Lipinski definition) is 3. The standard InChI is InChI=1S/C34H52O9/c1-10-25-19-22(5)27(36)15-13-12-14-21(4)32(39)41-26(11-2)17-16-20(3)18-23(6)30(25)42-33-29(38)28(37)31(40-24(7)35)34(8,9)43-33/h12-14,16,18-19,25-31,33,36-38H,10-11,15,17H2,1-9H3/b13-12+,20-16+,21-14+,22-19+,23-18+/t25-,26+,27-,28-,29-,30-,31+,33-/m0/s1. The molecule has 0 amide bonds. The first-order chi connectivity index (χ1) is 20.1. The summed E-state index contributed by atoms with van der Waals surface area (Å²) < 4.78 is 23.6. The van der Waals surface area contributed by atoms with Crippen LogP contribution >= 0.6 is 0 Å². The van der Waals surface area contributed by atoms with E-state index >= 15 is 0 Å². The van der Waals surface area contributed by atoms with Gasteiger partial charge in [0.25, 0.3) is 0 Å². The van der Waals surface area contributed by atoms with E-state index in [0.717, 1.165) is 16.7 Å². The van der Waals surface area contributed by atoms with Crippen molar-refractivity contribution >= 4 is 11.9 Å². The molecule has 0 aromatic carbocycles. The summed E-state index contributed by atoms with van der Waals surface area (Å²) in [6.45, 7) is 16.0. The van der Waals surface area contributed by atoms with E-state index in [-0.39, 0.29) is 18.0 Å². The van der Waals surface area contributed by atoms with Crippen molar-refractivity contribution in [1.82, 2.24) is 0 Å². The van der Waals surface area contributed by atoms with Gasteiger partial charge < -0.3 is 34.3 Å². The predicted molar refractivity (Wildman–Crippen MR) is 165 cm³/mol. The summed E-state index contributed by atoms with van der Waals surface area (Å²) in [7, 11) is 0. The van der Waals surface area contributed by atoms with Gasteiger partial charge in [0.05, 0.1) is 12.2 Å². The van der Waals surface area contributed by atoms with Crippen LogP contribution < -0.4 is 0 Å². The fraction of sp³-hybridized carbons (Fsp3) is 0.647. The van der Waals surface area contributed by atoms with Gasteiger partial charge in [0, 0.05) is 24.8 Å². The molecule has 0 saturated carbocycles. The molecule has 9 heteroatoms. The van der Waals surface area contributed by atoms with E-state index in [1.54, 1.807) is 39.0 Å². The van der Waals surface area contributed by atoms with Crippen LogP contribution in [0.2, 0.25) is 0 Å². The van der Waals surface area contributed by atoms with Crippen molar-refractivity contribution in [2.45, 2.75) is 137 Å². The van der Waals surface area contributed by atoms with Gasteiger partial charge in [-0.2, -0.15) is 0 Å². The third-order valence-corrected chi connectivity index (χ3v) is 7.98. The first kappa shape index (κ1) is 36.6. The van der Waals surface area contributed by atoms with E-state index in [4.69, 9.17) is 18.9 Å². The summed E-state index contributed by atoms with van der Waals surface area (Å²) in [5.74, 6) is -1.18. The van der Waals surface area contributed by atoms with Crippen molar-refractivity contribution < 1.29 is 43.9 Å². The van der Waals surface area contributed by atoms with Crippen LogP contribution in [0.5, 0.6) is 0 Å². The minimum absolute atomic E-state index is 0.213.